The molecular formula is C21H23ClN4O2S. The summed E-state index contributed by atoms with van der Waals surface area (Å²) in [4.78, 5) is 12.2. The van der Waals surface area contributed by atoms with Crippen LogP contribution in [0.25, 0.3) is 0 Å². The van der Waals surface area contributed by atoms with E-state index in [1.54, 1.807) is 6.07 Å². The summed E-state index contributed by atoms with van der Waals surface area (Å²) in [7, 11) is 0. The van der Waals surface area contributed by atoms with Gasteiger partial charge in [-0.15, -0.1) is 10.2 Å². The molecule has 8 heteroatoms. The lowest BCUT2D eigenvalue weighted by atomic mass is 10.2. The Bertz CT molecular complexity index is 949. The van der Waals surface area contributed by atoms with Crippen LogP contribution in [0.4, 0.5) is 0 Å². The van der Waals surface area contributed by atoms with Crippen molar-refractivity contribution in [3.63, 3.8) is 0 Å². The average Bonchev–Trinajstić information content (AvgIpc) is 3.16. The van der Waals surface area contributed by atoms with Gasteiger partial charge in [-0.2, -0.15) is 0 Å². The number of carbonyl (C=O) groups excluding carboxylic acids is 1. The Hall–Kier alpha value is -2.51. The smallest absolute Gasteiger partial charge is 0.230 e. The Morgan fingerprint density at radius 3 is 2.62 bits per heavy atom. The summed E-state index contributed by atoms with van der Waals surface area (Å²) >= 11 is 7.54. The minimum Gasteiger partial charge on any atom is -0.481 e. The van der Waals surface area contributed by atoms with Crippen molar-refractivity contribution in [2.75, 3.05) is 5.75 Å². The molecule has 1 amide bonds. The van der Waals surface area contributed by atoms with Crippen molar-refractivity contribution in [3.8, 4) is 5.75 Å². The number of benzene rings is 2. The van der Waals surface area contributed by atoms with Crippen LogP contribution < -0.4 is 10.1 Å². The minimum atomic E-state index is -0.330. The number of halogens is 1. The minimum absolute atomic E-state index is 0.0496. The fraction of sp³-hybridized carbons (Fsp3) is 0.286. The van der Waals surface area contributed by atoms with E-state index in [9.17, 15) is 4.79 Å². The first-order valence-corrected chi connectivity index (χ1v) is 10.7. The zero-order chi connectivity index (χ0) is 20.6. The largest absolute Gasteiger partial charge is 0.481 e. The van der Waals surface area contributed by atoms with Crippen molar-refractivity contribution < 1.29 is 9.53 Å². The van der Waals surface area contributed by atoms with Gasteiger partial charge in [-0.05, 0) is 31.5 Å². The maximum Gasteiger partial charge on any atom is 0.230 e. The second-order valence-corrected chi connectivity index (χ2v) is 7.68. The Kier molecular flexibility index (Phi) is 7.55. The molecule has 0 spiro atoms. The van der Waals surface area contributed by atoms with Crippen LogP contribution in [-0.4, -0.2) is 26.4 Å². The first-order valence-electron chi connectivity index (χ1n) is 9.36. The van der Waals surface area contributed by atoms with Gasteiger partial charge in [0.1, 0.15) is 5.75 Å². The van der Waals surface area contributed by atoms with Crippen LogP contribution >= 0.6 is 23.4 Å². The van der Waals surface area contributed by atoms with Gasteiger partial charge in [0.25, 0.3) is 0 Å². The van der Waals surface area contributed by atoms with E-state index in [0.717, 1.165) is 5.56 Å². The maximum atomic E-state index is 12.2. The molecule has 0 aliphatic rings. The van der Waals surface area contributed by atoms with Gasteiger partial charge in [0.2, 0.25) is 5.91 Å². The number of aromatic nitrogens is 3. The van der Waals surface area contributed by atoms with Crippen molar-refractivity contribution in [1.82, 2.24) is 20.1 Å². The highest BCUT2D eigenvalue weighted by Crippen LogP contribution is 2.29. The van der Waals surface area contributed by atoms with E-state index >= 15 is 0 Å². The quantitative estimate of drug-likeness (QED) is 0.506. The molecule has 3 aromatic rings. The summed E-state index contributed by atoms with van der Waals surface area (Å²) in [5.41, 5.74) is 1.07. The number of hydrogen-bond acceptors (Lipinski definition) is 5. The maximum absolute atomic E-state index is 12.2. The number of carbonyl (C=O) groups is 1. The zero-order valence-electron chi connectivity index (χ0n) is 16.3. The fourth-order valence-electron chi connectivity index (χ4n) is 2.77. The highest BCUT2D eigenvalue weighted by molar-refractivity contribution is 7.99. The molecule has 152 valence electrons. The number of nitrogens with one attached hydrogen (secondary N) is 1. The lowest BCUT2D eigenvalue weighted by molar-refractivity contribution is -0.118. The van der Waals surface area contributed by atoms with E-state index in [1.165, 1.54) is 11.8 Å². The van der Waals surface area contributed by atoms with E-state index < -0.39 is 0 Å². The van der Waals surface area contributed by atoms with Gasteiger partial charge in [0.15, 0.2) is 17.1 Å². The summed E-state index contributed by atoms with van der Waals surface area (Å²) in [6.45, 7) is 5.09. The molecule has 0 bridgehead atoms. The van der Waals surface area contributed by atoms with Gasteiger partial charge in [0.05, 0.1) is 10.8 Å². The number of nitrogens with zero attached hydrogens (tertiary/aromatic N) is 3. The second kappa shape index (κ2) is 10.3. The lowest BCUT2D eigenvalue weighted by Crippen LogP contribution is -2.24. The second-order valence-electron chi connectivity index (χ2n) is 6.33. The molecule has 0 aliphatic heterocycles. The fourth-order valence-corrected chi connectivity index (χ4v) is 3.79. The first kappa shape index (κ1) is 21.2. The molecular weight excluding hydrogens is 408 g/mol. The van der Waals surface area contributed by atoms with Crippen molar-refractivity contribution in [3.05, 3.63) is 71.0 Å². The van der Waals surface area contributed by atoms with Crippen molar-refractivity contribution in [1.29, 1.82) is 0 Å². The molecule has 2 aromatic carbocycles. The molecule has 1 heterocycles. The van der Waals surface area contributed by atoms with E-state index in [4.69, 9.17) is 16.3 Å². The predicted octanol–water partition coefficient (Wildman–Crippen LogP) is 4.50. The summed E-state index contributed by atoms with van der Waals surface area (Å²) in [5, 5.41) is 12.7. The monoisotopic (exact) mass is 430 g/mol. The van der Waals surface area contributed by atoms with Gasteiger partial charge < -0.3 is 14.6 Å². The molecule has 0 aliphatic carbocycles. The van der Waals surface area contributed by atoms with Gasteiger partial charge >= 0.3 is 0 Å². The number of thioether (sulfide) groups is 1. The number of ether oxygens (including phenoxy) is 1. The summed E-state index contributed by atoms with van der Waals surface area (Å²) in [6.07, 6.45) is -0.330. The molecule has 1 unspecified atom stereocenters. The Labute approximate surface area is 179 Å². The van der Waals surface area contributed by atoms with E-state index in [1.807, 2.05) is 66.9 Å². The highest BCUT2D eigenvalue weighted by atomic mass is 35.5. The topological polar surface area (TPSA) is 69.0 Å². The average molecular weight is 431 g/mol. The summed E-state index contributed by atoms with van der Waals surface area (Å²) < 4.78 is 7.91. The van der Waals surface area contributed by atoms with Crippen LogP contribution in [0.2, 0.25) is 5.02 Å². The molecule has 1 atom stereocenters. The van der Waals surface area contributed by atoms with E-state index in [2.05, 4.69) is 15.5 Å². The Balaban J connectivity index is 1.58. The molecule has 0 radical (unpaired) electrons. The van der Waals surface area contributed by atoms with Crippen LogP contribution in [0, 0.1) is 0 Å². The van der Waals surface area contributed by atoms with Crippen LogP contribution in [0.15, 0.2) is 59.8 Å². The van der Waals surface area contributed by atoms with Crippen LogP contribution in [0.3, 0.4) is 0 Å². The molecule has 29 heavy (non-hydrogen) atoms. The van der Waals surface area contributed by atoms with Crippen LogP contribution in [0.5, 0.6) is 5.75 Å². The molecule has 1 N–H and O–H groups in total. The zero-order valence-corrected chi connectivity index (χ0v) is 17.9. The normalized spacial score (nSPS) is 11.8. The molecule has 0 fully saturated rings. The molecule has 0 saturated carbocycles. The van der Waals surface area contributed by atoms with Crippen molar-refractivity contribution in [2.24, 2.45) is 0 Å². The van der Waals surface area contributed by atoms with E-state index in [-0.39, 0.29) is 17.8 Å². The first-order chi connectivity index (χ1) is 14.1. The molecule has 1 aromatic heterocycles. The Morgan fingerprint density at radius 2 is 1.90 bits per heavy atom. The number of hydrogen-bond donors (Lipinski definition) is 1. The molecule has 3 rings (SSSR count). The van der Waals surface area contributed by atoms with Gasteiger partial charge in [0, 0.05) is 13.1 Å². The SMILES string of the molecule is CCn1c(SCC(=O)NCc2ccccc2)nnc1C(C)Oc1ccccc1Cl. The molecule has 6 nitrogen and oxygen atoms in total. The lowest BCUT2D eigenvalue weighted by Gasteiger charge is -2.16. The molecule has 0 saturated heterocycles. The van der Waals surface area contributed by atoms with Crippen LogP contribution in [-0.2, 0) is 17.9 Å². The highest BCUT2D eigenvalue weighted by Gasteiger charge is 2.20. The number of amides is 1. The van der Waals surface area contributed by atoms with E-state index in [0.29, 0.717) is 34.8 Å². The third-order valence-electron chi connectivity index (χ3n) is 4.23. The van der Waals surface area contributed by atoms with Crippen LogP contribution in [0.1, 0.15) is 31.3 Å². The standard InChI is InChI=1S/C21H23ClN4O2S/c1-3-26-20(15(2)28-18-12-8-7-11-17(18)22)24-25-21(26)29-14-19(27)23-13-16-9-5-4-6-10-16/h4-12,15H,3,13-14H2,1-2H3,(H,23,27). The summed E-state index contributed by atoms with van der Waals surface area (Å²) in [6, 6.07) is 17.1. The Morgan fingerprint density at radius 1 is 1.17 bits per heavy atom. The predicted molar refractivity (Wildman–Crippen MR) is 115 cm³/mol. The van der Waals surface area contributed by atoms with Gasteiger partial charge in [-0.25, -0.2) is 0 Å². The van der Waals surface area contributed by atoms with Crippen molar-refractivity contribution in [2.45, 2.75) is 38.2 Å². The summed E-state index contributed by atoms with van der Waals surface area (Å²) in [5.74, 6) is 1.51. The van der Waals surface area contributed by atoms with Crippen molar-refractivity contribution >= 4 is 29.3 Å². The third-order valence-corrected chi connectivity index (χ3v) is 5.51. The van der Waals surface area contributed by atoms with Gasteiger partial charge in [-0.1, -0.05) is 65.8 Å². The number of para-hydroxylation sites is 1. The van der Waals surface area contributed by atoms with Gasteiger partial charge in [-0.3, -0.25) is 4.79 Å². The number of rotatable bonds is 9. The third kappa shape index (κ3) is 5.74.